The van der Waals surface area contributed by atoms with Gasteiger partial charge in [-0.25, -0.2) is 0 Å². The Kier molecular flexibility index (Phi) is 8.04. The minimum Gasteiger partial charge on any atom is -0.497 e. The van der Waals surface area contributed by atoms with Crippen molar-refractivity contribution in [2.75, 3.05) is 54.0 Å². The molecular weight excluding hydrogens is 328 g/mol. The highest BCUT2D eigenvalue weighted by atomic mass is 16.5. The molecule has 1 aliphatic heterocycles. The summed E-state index contributed by atoms with van der Waals surface area (Å²) in [5.41, 5.74) is 1.11. The van der Waals surface area contributed by atoms with Crippen molar-refractivity contribution in [3.8, 4) is 11.5 Å². The largest absolute Gasteiger partial charge is 0.497 e. The molecule has 0 bridgehead atoms. The van der Waals surface area contributed by atoms with Gasteiger partial charge in [-0.15, -0.1) is 0 Å². The summed E-state index contributed by atoms with van der Waals surface area (Å²) in [4.78, 5) is 9.54. The second-order valence-electron chi connectivity index (χ2n) is 6.78. The Morgan fingerprint density at radius 2 is 2.12 bits per heavy atom. The molecule has 1 fully saturated rings. The van der Waals surface area contributed by atoms with Gasteiger partial charge in [0.05, 0.1) is 14.2 Å². The summed E-state index contributed by atoms with van der Waals surface area (Å²) in [6.45, 7) is 10.3. The van der Waals surface area contributed by atoms with Crippen molar-refractivity contribution < 1.29 is 9.47 Å². The van der Waals surface area contributed by atoms with Crippen molar-refractivity contribution in [1.82, 2.24) is 15.1 Å². The van der Waals surface area contributed by atoms with Gasteiger partial charge in [-0.2, -0.15) is 0 Å². The van der Waals surface area contributed by atoms with Crippen LogP contribution in [0.25, 0.3) is 0 Å². The van der Waals surface area contributed by atoms with Crippen molar-refractivity contribution in [3.63, 3.8) is 0 Å². The number of likely N-dealkylation sites (tertiary alicyclic amines) is 1. The molecule has 26 heavy (non-hydrogen) atoms. The Morgan fingerprint density at radius 3 is 2.73 bits per heavy atom. The lowest BCUT2D eigenvalue weighted by Gasteiger charge is -2.24. The third-order valence-corrected chi connectivity index (χ3v) is 4.91. The van der Waals surface area contributed by atoms with Crippen LogP contribution < -0.4 is 14.8 Å². The van der Waals surface area contributed by atoms with Crippen LogP contribution in [0, 0.1) is 5.92 Å². The second kappa shape index (κ2) is 10.3. The molecule has 1 saturated heterocycles. The maximum absolute atomic E-state index is 5.52. The molecule has 6 heteroatoms. The van der Waals surface area contributed by atoms with Crippen molar-refractivity contribution >= 4 is 5.96 Å². The predicted molar refractivity (Wildman–Crippen MR) is 107 cm³/mol. The van der Waals surface area contributed by atoms with Crippen LogP contribution in [-0.4, -0.2) is 69.8 Å². The van der Waals surface area contributed by atoms with Crippen LogP contribution in [0.1, 0.15) is 25.8 Å². The molecule has 1 aliphatic rings. The summed E-state index contributed by atoms with van der Waals surface area (Å²) in [7, 11) is 5.43. The van der Waals surface area contributed by atoms with Crippen molar-refractivity contribution in [1.29, 1.82) is 0 Å². The monoisotopic (exact) mass is 362 g/mol. The predicted octanol–water partition coefficient (Wildman–Crippen LogP) is 2.44. The van der Waals surface area contributed by atoms with E-state index in [0.29, 0.717) is 5.92 Å². The third-order valence-electron chi connectivity index (χ3n) is 4.91. The van der Waals surface area contributed by atoms with Gasteiger partial charge in [-0.1, -0.05) is 6.92 Å². The molecule has 1 aromatic carbocycles. The zero-order valence-electron chi connectivity index (χ0n) is 16.9. The molecule has 1 atom stereocenters. The normalized spacial score (nSPS) is 18.0. The first-order chi connectivity index (χ1) is 12.6. The molecule has 2 rings (SSSR count). The van der Waals surface area contributed by atoms with E-state index in [1.54, 1.807) is 14.2 Å². The first kappa shape index (κ1) is 20.4. The Morgan fingerprint density at radius 1 is 1.31 bits per heavy atom. The summed E-state index contributed by atoms with van der Waals surface area (Å²) >= 11 is 0. The van der Waals surface area contributed by atoms with Gasteiger partial charge < -0.3 is 24.6 Å². The molecule has 0 saturated carbocycles. The highest BCUT2D eigenvalue weighted by molar-refractivity contribution is 5.79. The topological polar surface area (TPSA) is 49.3 Å². The van der Waals surface area contributed by atoms with Crippen LogP contribution in [0.15, 0.2) is 23.2 Å². The van der Waals surface area contributed by atoms with Gasteiger partial charge >= 0.3 is 0 Å². The molecule has 0 aliphatic carbocycles. The Hall–Kier alpha value is -1.95. The number of methoxy groups -OCH3 is 2. The lowest BCUT2D eigenvalue weighted by molar-refractivity contribution is 0.343. The van der Waals surface area contributed by atoms with Crippen LogP contribution in [0.5, 0.6) is 11.5 Å². The number of nitrogens with zero attached hydrogens (tertiary/aromatic N) is 3. The average Bonchev–Trinajstić information content (AvgIpc) is 3.13. The molecule has 1 heterocycles. The lowest BCUT2D eigenvalue weighted by Crippen LogP contribution is -2.39. The number of ether oxygens (including phenoxy) is 2. The zero-order chi connectivity index (χ0) is 18.9. The Balaban J connectivity index is 2.03. The van der Waals surface area contributed by atoms with Gasteiger partial charge in [0.1, 0.15) is 11.5 Å². The summed E-state index contributed by atoms with van der Waals surface area (Å²) in [6, 6.07) is 5.94. The number of guanidine groups is 1. The van der Waals surface area contributed by atoms with Gasteiger partial charge in [0.25, 0.3) is 0 Å². The number of nitrogens with one attached hydrogen (secondary N) is 1. The lowest BCUT2D eigenvalue weighted by atomic mass is 10.1. The van der Waals surface area contributed by atoms with Crippen LogP contribution in [0.4, 0.5) is 0 Å². The fourth-order valence-electron chi connectivity index (χ4n) is 3.35. The molecular formula is C20H34N4O2. The third kappa shape index (κ3) is 5.53. The van der Waals surface area contributed by atoms with Gasteiger partial charge in [0.2, 0.25) is 0 Å². The zero-order valence-corrected chi connectivity index (χ0v) is 16.9. The quantitative estimate of drug-likeness (QED) is 0.569. The van der Waals surface area contributed by atoms with E-state index in [2.05, 4.69) is 36.0 Å². The fourth-order valence-corrected chi connectivity index (χ4v) is 3.35. The molecule has 0 aromatic heterocycles. The van der Waals surface area contributed by atoms with Crippen LogP contribution in [0.2, 0.25) is 0 Å². The van der Waals surface area contributed by atoms with Gasteiger partial charge in [0.15, 0.2) is 5.96 Å². The van der Waals surface area contributed by atoms with Gasteiger partial charge in [-0.3, -0.25) is 4.99 Å². The van der Waals surface area contributed by atoms with E-state index in [1.165, 1.54) is 13.0 Å². The first-order valence-corrected chi connectivity index (χ1v) is 9.53. The molecule has 0 spiro atoms. The van der Waals surface area contributed by atoms with Crippen LogP contribution in [-0.2, 0) is 6.54 Å². The average molecular weight is 363 g/mol. The molecule has 0 amide bonds. The molecule has 1 unspecified atom stereocenters. The summed E-state index contributed by atoms with van der Waals surface area (Å²) in [5.74, 6) is 3.24. The number of benzene rings is 1. The Bertz CT molecular complexity index is 591. The number of hydrogen-bond donors (Lipinski definition) is 1. The van der Waals surface area contributed by atoms with Gasteiger partial charge in [0, 0.05) is 44.9 Å². The van der Waals surface area contributed by atoms with Crippen LogP contribution >= 0.6 is 0 Å². The molecule has 1 N–H and O–H groups in total. The van der Waals surface area contributed by atoms with E-state index >= 15 is 0 Å². The fraction of sp³-hybridized carbons (Fsp3) is 0.650. The molecule has 6 nitrogen and oxygen atoms in total. The van der Waals surface area contributed by atoms with E-state index in [1.807, 2.05) is 18.2 Å². The van der Waals surface area contributed by atoms with E-state index in [9.17, 15) is 0 Å². The minimum absolute atomic E-state index is 0.660. The molecule has 0 radical (unpaired) electrons. The van der Waals surface area contributed by atoms with Gasteiger partial charge in [-0.05, 0) is 44.5 Å². The van der Waals surface area contributed by atoms with E-state index in [4.69, 9.17) is 14.5 Å². The highest BCUT2D eigenvalue weighted by Gasteiger charge is 2.21. The van der Waals surface area contributed by atoms with E-state index in [0.717, 1.165) is 55.7 Å². The Labute approximate surface area is 158 Å². The number of aliphatic imine (C=N–C) groups is 1. The standard InChI is InChI=1S/C20H34N4O2/c1-6-21-20(22-13-16-10-11-24(7-2)14-16)23(3)15-17-8-9-18(25-4)12-19(17)26-5/h8-9,12,16H,6-7,10-11,13-15H2,1-5H3,(H,21,22). The van der Waals surface area contributed by atoms with Crippen molar-refractivity contribution in [2.24, 2.45) is 10.9 Å². The number of rotatable bonds is 8. The van der Waals surface area contributed by atoms with Crippen LogP contribution in [0.3, 0.4) is 0 Å². The molecule has 146 valence electrons. The number of hydrogen-bond acceptors (Lipinski definition) is 4. The van der Waals surface area contributed by atoms with E-state index in [-0.39, 0.29) is 0 Å². The highest BCUT2D eigenvalue weighted by Crippen LogP contribution is 2.25. The smallest absolute Gasteiger partial charge is 0.193 e. The van der Waals surface area contributed by atoms with Crippen molar-refractivity contribution in [3.05, 3.63) is 23.8 Å². The summed E-state index contributed by atoms with van der Waals surface area (Å²) < 4.78 is 10.8. The molecule has 1 aromatic rings. The summed E-state index contributed by atoms with van der Waals surface area (Å²) in [6.07, 6.45) is 1.24. The maximum atomic E-state index is 5.52. The maximum Gasteiger partial charge on any atom is 0.193 e. The van der Waals surface area contributed by atoms with Crippen molar-refractivity contribution in [2.45, 2.75) is 26.8 Å². The SMILES string of the molecule is CCNC(=NCC1CCN(CC)C1)N(C)Cc1ccc(OC)cc1OC. The summed E-state index contributed by atoms with van der Waals surface area (Å²) in [5, 5.41) is 3.41. The first-order valence-electron chi connectivity index (χ1n) is 9.53. The minimum atomic E-state index is 0.660. The second-order valence-corrected chi connectivity index (χ2v) is 6.78. The van der Waals surface area contributed by atoms with E-state index < -0.39 is 0 Å².